The summed E-state index contributed by atoms with van der Waals surface area (Å²) >= 11 is 0. The number of carbonyl (C=O) groups excluding carboxylic acids is 1. The molecule has 3 rings (SSSR count). The molecule has 0 atom stereocenters. The van der Waals surface area contributed by atoms with Crippen molar-refractivity contribution in [2.45, 2.75) is 12.8 Å². The number of rotatable bonds is 4. The maximum Gasteiger partial charge on any atom is 0.352 e. The van der Waals surface area contributed by atoms with E-state index in [1.165, 1.54) is 12.1 Å². The summed E-state index contributed by atoms with van der Waals surface area (Å²) in [6.45, 7) is 1.74. The van der Waals surface area contributed by atoms with Gasteiger partial charge in [-0.25, -0.2) is 9.78 Å². The topological polar surface area (TPSA) is 115 Å². The second-order valence-electron chi connectivity index (χ2n) is 5.44. The molecule has 124 valence electrons. The van der Waals surface area contributed by atoms with Gasteiger partial charge in [-0.3, -0.25) is 9.59 Å². The molecule has 1 fully saturated rings. The fourth-order valence-corrected chi connectivity index (χ4v) is 2.64. The Morgan fingerprint density at radius 2 is 1.96 bits per heavy atom. The van der Waals surface area contributed by atoms with Gasteiger partial charge in [0.1, 0.15) is 11.3 Å². The van der Waals surface area contributed by atoms with Crippen LogP contribution in [0, 0.1) is 0 Å². The predicted molar refractivity (Wildman–Crippen MR) is 87.7 cm³/mol. The molecule has 0 bridgehead atoms. The normalized spacial score (nSPS) is 13.8. The molecule has 1 saturated heterocycles. The van der Waals surface area contributed by atoms with Gasteiger partial charge in [-0.15, -0.1) is 0 Å². The Labute approximate surface area is 137 Å². The summed E-state index contributed by atoms with van der Waals surface area (Å²) in [5.74, 6) is -1.20. The molecular formula is C16H16N4O4. The van der Waals surface area contributed by atoms with E-state index in [-0.39, 0.29) is 11.3 Å². The fraction of sp³-hybridized carbons (Fsp3) is 0.250. The second kappa shape index (κ2) is 6.53. The van der Waals surface area contributed by atoms with Crippen LogP contribution < -0.4 is 15.8 Å². The summed E-state index contributed by atoms with van der Waals surface area (Å²) in [6.07, 6.45) is 3.79. The van der Waals surface area contributed by atoms with Gasteiger partial charge in [0, 0.05) is 19.3 Å². The van der Waals surface area contributed by atoms with Crippen LogP contribution in [0.1, 0.15) is 33.7 Å². The Morgan fingerprint density at radius 1 is 1.21 bits per heavy atom. The third-order valence-corrected chi connectivity index (χ3v) is 3.83. The van der Waals surface area contributed by atoms with Crippen molar-refractivity contribution in [3.63, 3.8) is 0 Å². The Kier molecular flexibility index (Phi) is 4.28. The molecule has 8 heteroatoms. The number of nitrogens with zero attached hydrogens (tertiary/aromatic N) is 2. The van der Waals surface area contributed by atoms with Crippen molar-refractivity contribution in [1.82, 2.24) is 9.97 Å². The molecule has 0 radical (unpaired) electrons. The molecule has 1 amide bonds. The van der Waals surface area contributed by atoms with Crippen molar-refractivity contribution in [2.24, 2.45) is 0 Å². The summed E-state index contributed by atoms with van der Waals surface area (Å²) in [5, 5.41) is 11.5. The third kappa shape index (κ3) is 3.12. The van der Waals surface area contributed by atoms with E-state index < -0.39 is 17.4 Å². The first-order chi connectivity index (χ1) is 11.6. The van der Waals surface area contributed by atoms with Gasteiger partial charge in [-0.2, -0.15) is 0 Å². The van der Waals surface area contributed by atoms with E-state index in [0.717, 1.165) is 25.9 Å². The number of H-pyrrole nitrogens is 1. The van der Waals surface area contributed by atoms with Gasteiger partial charge in [-0.1, -0.05) is 0 Å². The number of aromatic amines is 1. The Morgan fingerprint density at radius 3 is 2.62 bits per heavy atom. The lowest BCUT2D eigenvalue weighted by Gasteiger charge is -2.19. The summed E-state index contributed by atoms with van der Waals surface area (Å²) in [4.78, 5) is 43.7. The van der Waals surface area contributed by atoms with E-state index >= 15 is 0 Å². The highest BCUT2D eigenvalue weighted by atomic mass is 16.4. The highest BCUT2D eigenvalue weighted by Crippen LogP contribution is 2.26. The van der Waals surface area contributed by atoms with Crippen molar-refractivity contribution < 1.29 is 14.7 Å². The minimum Gasteiger partial charge on any atom is -0.477 e. The first-order valence-corrected chi connectivity index (χ1v) is 7.54. The summed E-state index contributed by atoms with van der Waals surface area (Å²) in [6, 6.07) is 5.80. The second-order valence-corrected chi connectivity index (χ2v) is 5.44. The molecule has 8 nitrogen and oxygen atoms in total. The number of carboxylic acid groups (broad SMARTS) is 1. The average Bonchev–Trinajstić information content (AvgIpc) is 3.09. The predicted octanol–water partition coefficient (Wildman–Crippen LogP) is 1.32. The zero-order chi connectivity index (χ0) is 17.1. The Hall–Kier alpha value is -3.16. The van der Waals surface area contributed by atoms with Crippen LogP contribution in [-0.4, -0.2) is 40.0 Å². The molecule has 3 N–H and O–H groups in total. The molecule has 2 aromatic heterocycles. The van der Waals surface area contributed by atoms with Crippen molar-refractivity contribution >= 4 is 23.4 Å². The number of nitrogens with one attached hydrogen (secondary N) is 2. The van der Waals surface area contributed by atoms with Crippen LogP contribution in [-0.2, 0) is 0 Å². The van der Waals surface area contributed by atoms with Gasteiger partial charge in [0.05, 0.1) is 5.69 Å². The maximum absolute atomic E-state index is 12.4. The number of hydrogen-bond donors (Lipinski definition) is 3. The van der Waals surface area contributed by atoms with Gasteiger partial charge in [0.15, 0.2) is 5.82 Å². The molecule has 0 spiro atoms. The molecular weight excluding hydrogens is 312 g/mol. The fourth-order valence-electron chi connectivity index (χ4n) is 2.64. The van der Waals surface area contributed by atoms with E-state index in [9.17, 15) is 14.4 Å². The SMILES string of the molecule is O=C(O)c1ccc(C(=O)Nc2cccnc2N2CCCC2)c(=O)[nH]1. The maximum atomic E-state index is 12.4. The Bertz CT molecular complexity index is 840. The molecule has 0 saturated carbocycles. The average molecular weight is 328 g/mol. The monoisotopic (exact) mass is 328 g/mol. The lowest BCUT2D eigenvalue weighted by atomic mass is 10.2. The number of amides is 1. The number of aromatic nitrogens is 2. The van der Waals surface area contributed by atoms with E-state index in [4.69, 9.17) is 5.11 Å². The van der Waals surface area contributed by atoms with E-state index in [0.29, 0.717) is 11.5 Å². The summed E-state index contributed by atoms with van der Waals surface area (Å²) in [7, 11) is 0. The highest BCUT2D eigenvalue weighted by Gasteiger charge is 2.19. The molecule has 1 aliphatic heterocycles. The lowest BCUT2D eigenvalue weighted by molar-refractivity contribution is 0.0689. The standard InChI is InChI=1S/C16H16N4O4/c21-14(10-5-6-12(16(23)24)19-15(10)22)18-11-4-3-7-17-13(11)20-8-1-2-9-20/h3-7H,1-2,8-9H2,(H,18,21)(H,19,22)(H,23,24). The zero-order valence-corrected chi connectivity index (χ0v) is 12.8. The van der Waals surface area contributed by atoms with Crippen molar-refractivity contribution in [2.75, 3.05) is 23.3 Å². The van der Waals surface area contributed by atoms with E-state index in [1.807, 2.05) is 0 Å². The minimum absolute atomic E-state index is 0.156. The lowest BCUT2D eigenvalue weighted by Crippen LogP contribution is -2.26. The Balaban J connectivity index is 1.85. The largest absolute Gasteiger partial charge is 0.477 e. The first-order valence-electron chi connectivity index (χ1n) is 7.54. The number of carboxylic acids is 1. The molecule has 1 aliphatic rings. The number of anilines is 2. The van der Waals surface area contributed by atoms with Crippen LogP contribution in [0.2, 0.25) is 0 Å². The molecule has 0 unspecified atom stereocenters. The number of pyridine rings is 2. The molecule has 3 heterocycles. The minimum atomic E-state index is -1.26. The molecule has 0 aliphatic carbocycles. The van der Waals surface area contributed by atoms with Crippen LogP contribution in [0.5, 0.6) is 0 Å². The van der Waals surface area contributed by atoms with Gasteiger partial charge >= 0.3 is 5.97 Å². The highest BCUT2D eigenvalue weighted by molar-refractivity contribution is 6.05. The van der Waals surface area contributed by atoms with Gasteiger partial charge < -0.3 is 20.3 Å². The van der Waals surface area contributed by atoms with Crippen LogP contribution in [0.3, 0.4) is 0 Å². The summed E-state index contributed by atoms with van der Waals surface area (Å²) in [5.41, 5.74) is -0.656. The quantitative estimate of drug-likeness (QED) is 0.779. The number of aromatic carboxylic acids is 1. The molecule has 2 aromatic rings. The van der Waals surface area contributed by atoms with Gasteiger partial charge in [-0.05, 0) is 37.1 Å². The first kappa shape index (κ1) is 15.7. The molecule has 24 heavy (non-hydrogen) atoms. The van der Waals surface area contributed by atoms with Crippen LogP contribution in [0.15, 0.2) is 35.3 Å². The zero-order valence-electron chi connectivity index (χ0n) is 12.8. The number of hydrogen-bond acceptors (Lipinski definition) is 5. The van der Waals surface area contributed by atoms with Crippen molar-refractivity contribution in [1.29, 1.82) is 0 Å². The third-order valence-electron chi connectivity index (χ3n) is 3.83. The molecule has 0 aromatic carbocycles. The van der Waals surface area contributed by atoms with E-state index in [1.54, 1.807) is 18.3 Å². The number of carbonyl (C=O) groups is 2. The van der Waals surface area contributed by atoms with Crippen LogP contribution in [0.4, 0.5) is 11.5 Å². The summed E-state index contributed by atoms with van der Waals surface area (Å²) < 4.78 is 0. The van der Waals surface area contributed by atoms with Crippen LogP contribution >= 0.6 is 0 Å². The smallest absolute Gasteiger partial charge is 0.352 e. The van der Waals surface area contributed by atoms with Crippen molar-refractivity contribution in [3.8, 4) is 0 Å². The van der Waals surface area contributed by atoms with E-state index in [2.05, 4.69) is 20.2 Å². The van der Waals surface area contributed by atoms with Gasteiger partial charge in [0.2, 0.25) is 0 Å². The van der Waals surface area contributed by atoms with Crippen LogP contribution in [0.25, 0.3) is 0 Å². The van der Waals surface area contributed by atoms with Crippen molar-refractivity contribution in [3.05, 3.63) is 52.1 Å². The van der Waals surface area contributed by atoms with Gasteiger partial charge in [0.25, 0.3) is 11.5 Å².